The van der Waals surface area contributed by atoms with Crippen LogP contribution in [0.1, 0.15) is 10.5 Å². The van der Waals surface area contributed by atoms with Gasteiger partial charge in [-0.15, -0.1) is 0 Å². The Labute approximate surface area is 109 Å². The predicted octanol–water partition coefficient (Wildman–Crippen LogP) is 2.40. The van der Waals surface area contributed by atoms with Crippen LogP contribution in [0.5, 0.6) is 0 Å². The van der Waals surface area contributed by atoms with Gasteiger partial charge in [-0.25, -0.2) is 0 Å². The molecule has 0 aliphatic heterocycles. The minimum atomic E-state index is -0.538. The van der Waals surface area contributed by atoms with E-state index in [0.29, 0.717) is 5.56 Å². The van der Waals surface area contributed by atoms with Gasteiger partial charge in [0.25, 0.3) is 5.91 Å². The second-order valence-corrected chi connectivity index (χ2v) is 4.18. The molecule has 1 amide bonds. The zero-order valence-electron chi connectivity index (χ0n) is 10.1. The second kappa shape index (κ2) is 4.49. The number of primary amides is 1. The summed E-state index contributed by atoms with van der Waals surface area (Å²) in [5.41, 5.74) is 8.05. The summed E-state index contributed by atoms with van der Waals surface area (Å²) >= 11 is 0. The van der Waals surface area contributed by atoms with Gasteiger partial charge in [0.2, 0.25) is 0 Å². The highest BCUT2D eigenvalue weighted by atomic mass is 16.1. The van der Waals surface area contributed by atoms with Gasteiger partial charge in [0.05, 0.1) is 5.52 Å². The molecule has 0 saturated carbocycles. The fourth-order valence-corrected chi connectivity index (χ4v) is 2.05. The zero-order valence-corrected chi connectivity index (χ0v) is 10.1. The van der Waals surface area contributed by atoms with Crippen molar-refractivity contribution in [3.8, 4) is 11.1 Å². The molecule has 4 nitrogen and oxygen atoms in total. The lowest BCUT2D eigenvalue weighted by Gasteiger charge is -2.06. The number of nitrogens with two attached hydrogens (primary N) is 1. The number of para-hydroxylation sites is 1. The van der Waals surface area contributed by atoms with Gasteiger partial charge >= 0.3 is 0 Å². The molecule has 2 N–H and O–H groups in total. The van der Waals surface area contributed by atoms with Crippen LogP contribution in [0.25, 0.3) is 22.0 Å². The van der Waals surface area contributed by atoms with Gasteiger partial charge in [-0.2, -0.15) is 0 Å². The first-order chi connectivity index (χ1) is 9.25. The van der Waals surface area contributed by atoms with E-state index in [-0.39, 0.29) is 5.69 Å². The predicted molar refractivity (Wildman–Crippen MR) is 73.5 cm³/mol. The van der Waals surface area contributed by atoms with E-state index in [1.807, 2.05) is 36.4 Å². The fraction of sp³-hybridized carbons (Fsp3) is 0. The van der Waals surface area contributed by atoms with Crippen LogP contribution in [0.3, 0.4) is 0 Å². The quantitative estimate of drug-likeness (QED) is 0.758. The van der Waals surface area contributed by atoms with Crippen molar-refractivity contribution in [1.29, 1.82) is 0 Å². The molecule has 0 unspecified atom stereocenters. The molecule has 0 atom stereocenters. The monoisotopic (exact) mass is 249 g/mol. The van der Waals surface area contributed by atoms with Crippen molar-refractivity contribution < 1.29 is 4.79 Å². The maximum absolute atomic E-state index is 11.4. The number of rotatable bonds is 2. The Balaban J connectivity index is 2.22. The van der Waals surface area contributed by atoms with Crippen LogP contribution in [-0.2, 0) is 0 Å². The minimum Gasteiger partial charge on any atom is -0.364 e. The van der Waals surface area contributed by atoms with Gasteiger partial charge in [-0.3, -0.25) is 14.8 Å². The molecule has 0 aliphatic rings. The largest absolute Gasteiger partial charge is 0.364 e. The van der Waals surface area contributed by atoms with Crippen LogP contribution in [0, 0.1) is 0 Å². The van der Waals surface area contributed by atoms with Crippen molar-refractivity contribution in [1.82, 2.24) is 9.97 Å². The molecule has 1 aromatic carbocycles. The Kier molecular flexibility index (Phi) is 2.68. The van der Waals surface area contributed by atoms with E-state index in [1.54, 1.807) is 18.5 Å². The highest BCUT2D eigenvalue weighted by Crippen LogP contribution is 2.24. The number of carbonyl (C=O) groups excluding carboxylic acids is 1. The van der Waals surface area contributed by atoms with Crippen LogP contribution in [0.15, 0.2) is 54.9 Å². The Morgan fingerprint density at radius 2 is 1.89 bits per heavy atom. The second-order valence-electron chi connectivity index (χ2n) is 4.18. The number of carbonyl (C=O) groups is 1. The maximum Gasteiger partial charge on any atom is 0.267 e. The SMILES string of the molecule is NC(=O)c1ncccc1-c1cnc2ccccc2c1. The van der Waals surface area contributed by atoms with E-state index >= 15 is 0 Å². The Morgan fingerprint density at radius 1 is 1.05 bits per heavy atom. The summed E-state index contributed by atoms with van der Waals surface area (Å²) in [6.07, 6.45) is 3.28. The first kappa shape index (κ1) is 11.3. The zero-order chi connectivity index (χ0) is 13.2. The van der Waals surface area contributed by atoms with E-state index in [4.69, 9.17) is 5.73 Å². The van der Waals surface area contributed by atoms with E-state index in [2.05, 4.69) is 9.97 Å². The van der Waals surface area contributed by atoms with E-state index in [9.17, 15) is 4.79 Å². The molecule has 2 aromatic heterocycles. The van der Waals surface area contributed by atoms with Crippen LogP contribution < -0.4 is 5.73 Å². The molecule has 0 aliphatic carbocycles. The molecule has 19 heavy (non-hydrogen) atoms. The number of benzene rings is 1. The average molecular weight is 249 g/mol. The minimum absolute atomic E-state index is 0.264. The third-order valence-corrected chi connectivity index (χ3v) is 2.94. The number of hydrogen-bond donors (Lipinski definition) is 1. The van der Waals surface area contributed by atoms with Gasteiger partial charge < -0.3 is 5.73 Å². The van der Waals surface area contributed by atoms with Crippen LogP contribution in [-0.4, -0.2) is 15.9 Å². The summed E-state index contributed by atoms with van der Waals surface area (Å²) in [7, 11) is 0. The standard InChI is InChI=1S/C15H11N3O/c16-15(19)14-12(5-3-7-17-14)11-8-10-4-1-2-6-13(10)18-9-11/h1-9H,(H2,16,19). The summed E-state index contributed by atoms with van der Waals surface area (Å²) in [6.45, 7) is 0. The molecular formula is C15H11N3O. The third kappa shape index (κ3) is 2.04. The molecule has 4 heteroatoms. The van der Waals surface area contributed by atoms with Gasteiger partial charge in [0.15, 0.2) is 0 Å². The Bertz CT molecular complexity index is 768. The van der Waals surface area contributed by atoms with Crippen molar-refractivity contribution in [2.75, 3.05) is 0 Å². The number of fused-ring (bicyclic) bond motifs is 1. The Morgan fingerprint density at radius 3 is 2.74 bits per heavy atom. The highest BCUT2D eigenvalue weighted by Gasteiger charge is 2.11. The van der Waals surface area contributed by atoms with E-state index in [1.165, 1.54) is 0 Å². The molecule has 3 rings (SSSR count). The third-order valence-electron chi connectivity index (χ3n) is 2.94. The topological polar surface area (TPSA) is 68.9 Å². The summed E-state index contributed by atoms with van der Waals surface area (Å²) in [5.74, 6) is -0.538. The molecule has 0 spiro atoms. The summed E-state index contributed by atoms with van der Waals surface area (Å²) in [5, 5.41) is 1.01. The molecule has 0 bridgehead atoms. The van der Waals surface area contributed by atoms with Crippen molar-refractivity contribution in [3.63, 3.8) is 0 Å². The molecule has 92 valence electrons. The van der Waals surface area contributed by atoms with Crippen molar-refractivity contribution in [2.45, 2.75) is 0 Å². The number of amides is 1. The lowest BCUT2D eigenvalue weighted by atomic mass is 10.0. The van der Waals surface area contributed by atoms with Crippen molar-refractivity contribution >= 4 is 16.8 Å². The molecule has 0 fully saturated rings. The summed E-state index contributed by atoms with van der Waals surface area (Å²) in [4.78, 5) is 19.8. The van der Waals surface area contributed by atoms with E-state index < -0.39 is 5.91 Å². The lowest BCUT2D eigenvalue weighted by molar-refractivity contribution is 0.0996. The van der Waals surface area contributed by atoms with Crippen LogP contribution >= 0.6 is 0 Å². The molecule has 2 heterocycles. The van der Waals surface area contributed by atoms with Crippen LogP contribution in [0.4, 0.5) is 0 Å². The van der Waals surface area contributed by atoms with Gasteiger partial charge in [0, 0.05) is 28.9 Å². The molecule has 3 aromatic rings. The molecule has 0 saturated heterocycles. The normalized spacial score (nSPS) is 10.5. The van der Waals surface area contributed by atoms with Gasteiger partial charge in [-0.05, 0) is 18.2 Å². The molecular weight excluding hydrogens is 238 g/mol. The first-order valence-electron chi connectivity index (χ1n) is 5.86. The van der Waals surface area contributed by atoms with Gasteiger partial charge in [-0.1, -0.05) is 24.3 Å². The summed E-state index contributed by atoms with van der Waals surface area (Å²) < 4.78 is 0. The number of nitrogens with zero attached hydrogens (tertiary/aromatic N) is 2. The Hall–Kier alpha value is -2.75. The first-order valence-corrected chi connectivity index (χ1v) is 5.86. The van der Waals surface area contributed by atoms with E-state index in [0.717, 1.165) is 16.5 Å². The van der Waals surface area contributed by atoms with Crippen molar-refractivity contribution in [3.05, 3.63) is 60.6 Å². The fourth-order valence-electron chi connectivity index (χ4n) is 2.05. The lowest BCUT2D eigenvalue weighted by Crippen LogP contribution is -2.14. The molecule has 0 radical (unpaired) electrons. The average Bonchev–Trinajstić information content (AvgIpc) is 2.46. The van der Waals surface area contributed by atoms with Gasteiger partial charge in [0.1, 0.15) is 5.69 Å². The van der Waals surface area contributed by atoms with Crippen molar-refractivity contribution in [2.24, 2.45) is 5.73 Å². The number of hydrogen-bond acceptors (Lipinski definition) is 3. The maximum atomic E-state index is 11.4. The number of aromatic nitrogens is 2. The smallest absolute Gasteiger partial charge is 0.267 e. The van der Waals surface area contributed by atoms with Crippen LogP contribution in [0.2, 0.25) is 0 Å². The highest BCUT2D eigenvalue weighted by molar-refractivity contribution is 5.98. The number of pyridine rings is 2. The summed E-state index contributed by atoms with van der Waals surface area (Å²) in [6, 6.07) is 13.4.